The lowest BCUT2D eigenvalue weighted by Crippen LogP contribution is -2.44. The second-order valence-electron chi connectivity index (χ2n) is 8.90. The molecule has 0 aliphatic carbocycles. The van der Waals surface area contributed by atoms with Gasteiger partial charge in [-0.15, -0.1) is 0 Å². The Kier molecular flexibility index (Phi) is 4.91. The van der Waals surface area contributed by atoms with E-state index in [2.05, 4.69) is 4.98 Å². The van der Waals surface area contributed by atoms with Crippen LogP contribution in [0.4, 0.5) is 4.79 Å². The van der Waals surface area contributed by atoms with Gasteiger partial charge in [-0.2, -0.15) is 0 Å². The van der Waals surface area contributed by atoms with E-state index in [4.69, 9.17) is 4.74 Å². The van der Waals surface area contributed by atoms with E-state index < -0.39 is 18.1 Å². The predicted molar refractivity (Wildman–Crippen MR) is 130 cm³/mol. The third-order valence-corrected chi connectivity index (χ3v) is 6.97. The number of aromatic amines is 1. The van der Waals surface area contributed by atoms with Gasteiger partial charge in [0.15, 0.2) is 0 Å². The number of urea groups is 1. The maximum atomic E-state index is 13.7. The van der Waals surface area contributed by atoms with Gasteiger partial charge in [-0.3, -0.25) is 14.6 Å². The van der Waals surface area contributed by atoms with Gasteiger partial charge in [-0.25, -0.2) is 9.59 Å². The van der Waals surface area contributed by atoms with Gasteiger partial charge in [0.2, 0.25) is 0 Å². The number of para-hydroxylation sites is 1. The zero-order valence-electron chi connectivity index (χ0n) is 19.1. The summed E-state index contributed by atoms with van der Waals surface area (Å²) in [5, 5.41) is 1.06. The molecule has 4 aromatic rings. The van der Waals surface area contributed by atoms with Crippen LogP contribution in [0.5, 0.6) is 0 Å². The molecule has 35 heavy (non-hydrogen) atoms. The Hall–Kier alpha value is -4.39. The third kappa shape index (κ3) is 3.31. The fraction of sp³-hybridized carbons (Fsp3) is 0.179. The molecule has 6 rings (SSSR count). The van der Waals surface area contributed by atoms with Gasteiger partial charge in [0, 0.05) is 23.0 Å². The molecule has 2 atom stereocenters. The van der Waals surface area contributed by atoms with Crippen molar-refractivity contribution in [3.8, 4) is 0 Å². The standard InChI is InChI=1S/C28H23N3O4/c1-35-27(33)19-13-11-18(12-14-19)25-24-21(20-9-5-6-10-22(20)29-24)15-23-26(32)30(28(34)31(23)25)16-17-7-3-2-4-8-17/h2-14,23,25,29H,15-16H2,1H3/t23-,25?/m0/s1. The van der Waals surface area contributed by atoms with Gasteiger partial charge < -0.3 is 9.72 Å². The van der Waals surface area contributed by atoms with Gasteiger partial charge in [0.25, 0.3) is 5.91 Å². The largest absolute Gasteiger partial charge is 0.465 e. The normalized spacial score (nSPS) is 19.1. The molecule has 1 aromatic heterocycles. The maximum Gasteiger partial charge on any atom is 0.337 e. The van der Waals surface area contributed by atoms with Crippen molar-refractivity contribution in [2.24, 2.45) is 0 Å². The number of carbonyl (C=O) groups excluding carboxylic acids is 3. The molecule has 2 aliphatic rings. The molecular weight excluding hydrogens is 442 g/mol. The van der Waals surface area contributed by atoms with Gasteiger partial charge in [-0.05, 0) is 34.9 Å². The Morgan fingerprint density at radius 2 is 1.69 bits per heavy atom. The van der Waals surface area contributed by atoms with E-state index in [9.17, 15) is 14.4 Å². The number of imide groups is 1. The third-order valence-electron chi connectivity index (χ3n) is 6.97. The average molecular weight is 466 g/mol. The van der Waals surface area contributed by atoms with Crippen molar-refractivity contribution in [1.82, 2.24) is 14.8 Å². The summed E-state index contributed by atoms with van der Waals surface area (Å²) in [5.74, 6) is -0.614. The number of esters is 1. The number of ether oxygens (including phenoxy) is 1. The van der Waals surface area contributed by atoms with Crippen LogP contribution in [0.25, 0.3) is 10.9 Å². The molecule has 1 unspecified atom stereocenters. The van der Waals surface area contributed by atoms with Crippen LogP contribution >= 0.6 is 0 Å². The first-order valence-electron chi connectivity index (χ1n) is 11.5. The second kappa shape index (κ2) is 8.13. The number of rotatable bonds is 4. The van der Waals surface area contributed by atoms with Crippen molar-refractivity contribution in [2.45, 2.75) is 25.0 Å². The number of hydrogen-bond acceptors (Lipinski definition) is 4. The van der Waals surface area contributed by atoms with Crippen LogP contribution in [0, 0.1) is 0 Å². The van der Waals surface area contributed by atoms with Crippen molar-refractivity contribution in [1.29, 1.82) is 0 Å². The first-order valence-corrected chi connectivity index (χ1v) is 11.5. The zero-order chi connectivity index (χ0) is 24.1. The molecule has 3 aromatic carbocycles. The zero-order valence-corrected chi connectivity index (χ0v) is 19.1. The Labute approximate surface area is 201 Å². The van der Waals surface area contributed by atoms with Crippen LogP contribution in [0.2, 0.25) is 0 Å². The summed E-state index contributed by atoms with van der Waals surface area (Å²) < 4.78 is 4.83. The van der Waals surface area contributed by atoms with Crippen molar-refractivity contribution >= 4 is 28.8 Å². The maximum absolute atomic E-state index is 13.7. The smallest absolute Gasteiger partial charge is 0.337 e. The van der Waals surface area contributed by atoms with E-state index in [1.165, 1.54) is 12.0 Å². The number of carbonyl (C=O) groups is 3. The molecule has 2 aliphatic heterocycles. The van der Waals surface area contributed by atoms with Crippen LogP contribution in [-0.4, -0.2) is 45.8 Å². The Morgan fingerprint density at radius 3 is 2.43 bits per heavy atom. The van der Waals surface area contributed by atoms with Crippen LogP contribution in [-0.2, 0) is 22.5 Å². The quantitative estimate of drug-likeness (QED) is 0.357. The fourth-order valence-electron chi connectivity index (χ4n) is 5.31. The molecule has 0 bridgehead atoms. The molecule has 3 heterocycles. The van der Waals surface area contributed by atoms with E-state index in [0.717, 1.165) is 33.3 Å². The number of fused-ring (bicyclic) bond motifs is 4. The van der Waals surface area contributed by atoms with Crippen molar-refractivity contribution in [3.63, 3.8) is 0 Å². The van der Waals surface area contributed by atoms with Gasteiger partial charge in [-0.1, -0.05) is 60.7 Å². The SMILES string of the molecule is COC(=O)c1ccc(C2c3[nH]c4ccccc4c3C[C@H]3C(=O)N(Cc4ccccc4)C(=O)N23)cc1. The highest BCUT2D eigenvalue weighted by molar-refractivity contribution is 6.05. The summed E-state index contributed by atoms with van der Waals surface area (Å²) in [6, 6.07) is 23.2. The van der Waals surface area contributed by atoms with Gasteiger partial charge in [0.1, 0.15) is 12.1 Å². The lowest BCUT2D eigenvalue weighted by molar-refractivity contribution is -0.129. The molecule has 3 amide bonds. The highest BCUT2D eigenvalue weighted by atomic mass is 16.5. The van der Waals surface area contributed by atoms with Crippen molar-refractivity contribution in [2.75, 3.05) is 7.11 Å². The van der Waals surface area contributed by atoms with E-state index in [-0.39, 0.29) is 18.5 Å². The van der Waals surface area contributed by atoms with E-state index in [1.54, 1.807) is 17.0 Å². The van der Waals surface area contributed by atoms with Crippen LogP contribution in [0.1, 0.15) is 38.8 Å². The number of hydrogen-bond donors (Lipinski definition) is 1. The summed E-state index contributed by atoms with van der Waals surface area (Å²) in [5.41, 5.74) is 5.06. The van der Waals surface area contributed by atoms with Crippen molar-refractivity contribution < 1.29 is 19.1 Å². The summed E-state index contributed by atoms with van der Waals surface area (Å²) in [4.78, 5) is 45.8. The number of H-pyrrole nitrogens is 1. The molecule has 0 saturated carbocycles. The highest BCUT2D eigenvalue weighted by Gasteiger charge is 2.52. The molecule has 0 spiro atoms. The number of nitrogens with zero attached hydrogens (tertiary/aromatic N) is 2. The lowest BCUT2D eigenvalue weighted by atomic mass is 9.88. The number of amides is 3. The highest BCUT2D eigenvalue weighted by Crippen LogP contribution is 2.44. The molecular formula is C28H23N3O4. The number of methoxy groups -OCH3 is 1. The number of nitrogens with one attached hydrogen (secondary N) is 1. The van der Waals surface area contributed by atoms with Crippen LogP contribution in [0.3, 0.4) is 0 Å². The average Bonchev–Trinajstić information content (AvgIpc) is 3.38. The predicted octanol–water partition coefficient (Wildman–Crippen LogP) is 4.43. The number of aromatic nitrogens is 1. The minimum absolute atomic E-state index is 0.189. The summed E-state index contributed by atoms with van der Waals surface area (Å²) >= 11 is 0. The van der Waals surface area contributed by atoms with Gasteiger partial charge >= 0.3 is 12.0 Å². The summed E-state index contributed by atoms with van der Waals surface area (Å²) in [6.07, 6.45) is 0.450. The fourth-order valence-corrected chi connectivity index (χ4v) is 5.31. The number of benzene rings is 3. The van der Waals surface area contributed by atoms with Crippen LogP contribution < -0.4 is 0 Å². The van der Waals surface area contributed by atoms with E-state index in [1.807, 2.05) is 66.7 Å². The molecule has 1 saturated heterocycles. The molecule has 1 N–H and O–H groups in total. The summed E-state index contributed by atoms with van der Waals surface area (Å²) in [6.45, 7) is 0.230. The Balaban J connectivity index is 1.46. The monoisotopic (exact) mass is 465 g/mol. The molecule has 7 heteroatoms. The lowest BCUT2D eigenvalue weighted by Gasteiger charge is -2.36. The minimum atomic E-state index is -0.594. The van der Waals surface area contributed by atoms with Crippen molar-refractivity contribution in [3.05, 3.63) is 107 Å². The van der Waals surface area contributed by atoms with E-state index >= 15 is 0 Å². The van der Waals surface area contributed by atoms with E-state index in [0.29, 0.717) is 12.0 Å². The molecule has 174 valence electrons. The minimum Gasteiger partial charge on any atom is -0.465 e. The van der Waals surface area contributed by atoms with Gasteiger partial charge in [0.05, 0.1) is 19.2 Å². The molecule has 7 nitrogen and oxygen atoms in total. The summed E-state index contributed by atoms with van der Waals surface area (Å²) in [7, 11) is 1.34. The first-order chi connectivity index (χ1) is 17.1. The topological polar surface area (TPSA) is 82.7 Å². The molecule has 0 radical (unpaired) electrons. The first kappa shape index (κ1) is 21.2. The Morgan fingerprint density at radius 1 is 0.971 bits per heavy atom. The van der Waals surface area contributed by atoms with Crippen LogP contribution in [0.15, 0.2) is 78.9 Å². The Bertz CT molecular complexity index is 1460. The second-order valence-corrected chi connectivity index (χ2v) is 8.90. The molecule has 1 fully saturated rings.